The zero-order valence-electron chi connectivity index (χ0n) is 10.3. The Morgan fingerprint density at radius 3 is 2.35 bits per heavy atom. The Morgan fingerprint density at radius 1 is 1.18 bits per heavy atom. The van der Waals surface area contributed by atoms with Crippen LogP contribution in [0.25, 0.3) is 0 Å². The van der Waals surface area contributed by atoms with Crippen molar-refractivity contribution in [2.24, 2.45) is 0 Å². The van der Waals surface area contributed by atoms with Crippen molar-refractivity contribution in [3.63, 3.8) is 0 Å². The van der Waals surface area contributed by atoms with E-state index in [1.807, 2.05) is 0 Å². The van der Waals surface area contributed by atoms with Gasteiger partial charge in [0.05, 0.1) is 5.69 Å². The Balaban J connectivity index is 2.59. The van der Waals surface area contributed by atoms with Crippen LogP contribution in [-0.2, 0) is 4.79 Å². The SMILES string of the molecule is CCN(CC)CCN(C=O)c1ccc(C=O)[nH]1. The van der Waals surface area contributed by atoms with Gasteiger partial charge in [-0.2, -0.15) is 0 Å². The number of aromatic amines is 1. The topological polar surface area (TPSA) is 56.4 Å². The summed E-state index contributed by atoms with van der Waals surface area (Å²) < 4.78 is 0. The van der Waals surface area contributed by atoms with Gasteiger partial charge in [0.25, 0.3) is 0 Å². The lowest BCUT2D eigenvalue weighted by Crippen LogP contribution is -2.34. The molecule has 0 spiro atoms. The number of hydrogen-bond acceptors (Lipinski definition) is 3. The number of anilines is 1. The van der Waals surface area contributed by atoms with Crippen molar-refractivity contribution >= 4 is 18.5 Å². The lowest BCUT2D eigenvalue weighted by molar-refractivity contribution is -0.107. The molecular weight excluding hydrogens is 218 g/mol. The summed E-state index contributed by atoms with van der Waals surface area (Å²) in [6.45, 7) is 7.55. The molecule has 0 saturated carbocycles. The van der Waals surface area contributed by atoms with E-state index < -0.39 is 0 Å². The smallest absolute Gasteiger partial charge is 0.215 e. The van der Waals surface area contributed by atoms with Crippen LogP contribution in [-0.4, -0.2) is 48.8 Å². The van der Waals surface area contributed by atoms with E-state index in [1.165, 1.54) is 0 Å². The summed E-state index contributed by atoms with van der Waals surface area (Å²) in [5.74, 6) is 0.661. The highest BCUT2D eigenvalue weighted by molar-refractivity contribution is 5.78. The second-order valence-electron chi connectivity index (χ2n) is 3.74. The molecule has 0 radical (unpaired) electrons. The molecule has 0 atom stereocenters. The molecule has 1 N–H and O–H groups in total. The standard InChI is InChI=1S/C12H19N3O2/c1-3-14(4-2)7-8-15(10-17)12-6-5-11(9-16)13-12/h5-6,9-10,13H,3-4,7-8H2,1-2H3. The maximum absolute atomic E-state index is 11.0. The second kappa shape index (κ2) is 6.85. The summed E-state index contributed by atoms with van der Waals surface area (Å²) in [4.78, 5) is 28.2. The first-order valence-electron chi connectivity index (χ1n) is 5.83. The lowest BCUT2D eigenvalue weighted by Gasteiger charge is -2.22. The Labute approximate surface area is 101 Å². The minimum atomic E-state index is 0.481. The number of likely N-dealkylation sites (N-methyl/N-ethyl adjacent to an activating group) is 1. The fourth-order valence-electron chi connectivity index (χ4n) is 1.66. The molecule has 94 valence electrons. The number of nitrogens with zero attached hydrogens (tertiary/aromatic N) is 2. The molecular formula is C12H19N3O2. The van der Waals surface area contributed by atoms with Crippen LogP contribution in [0.5, 0.6) is 0 Å². The largest absolute Gasteiger partial charge is 0.339 e. The van der Waals surface area contributed by atoms with Gasteiger partial charge in [0, 0.05) is 13.1 Å². The van der Waals surface area contributed by atoms with Crippen LogP contribution in [0.4, 0.5) is 5.82 Å². The molecule has 5 nitrogen and oxygen atoms in total. The van der Waals surface area contributed by atoms with Crippen LogP contribution in [0.1, 0.15) is 24.3 Å². The third kappa shape index (κ3) is 3.71. The summed E-state index contributed by atoms with van der Waals surface area (Å²) in [6, 6.07) is 3.40. The van der Waals surface area contributed by atoms with Gasteiger partial charge in [-0.05, 0) is 25.2 Å². The number of carbonyl (C=O) groups excluding carboxylic acids is 2. The summed E-state index contributed by atoms with van der Waals surface area (Å²) >= 11 is 0. The zero-order valence-corrected chi connectivity index (χ0v) is 10.3. The van der Waals surface area contributed by atoms with E-state index in [0.29, 0.717) is 18.1 Å². The maximum atomic E-state index is 11.0. The molecule has 1 rings (SSSR count). The van der Waals surface area contributed by atoms with Crippen molar-refractivity contribution < 1.29 is 9.59 Å². The fourth-order valence-corrected chi connectivity index (χ4v) is 1.66. The first-order valence-corrected chi connectivity index (χ1v) is 5.83. The van der Waals surface area contributed by atoms with E-state index in [-0.39, 0.29) is 0 Å². The minimum Gasteiger partial charge on any atom is -0.339 e. The van der Waals surface area contributed by atoms with Crippen LogP contribution in [0.15, 0.2) is 12.1 Å². The molecule has 0 unspecified atom stereocenters. The molecule has 0 fully saturated rings. The second-order valence-corrected chi connectivity index (χ2v) is 3.74. The maximum Gasteiger partial charge on any atom is 0.215 e. The van der Waals surface area contributed by atoms with E-state index >= 15 is 0 Å². The third-order valence-corrected chi connectivity index (χ3v) is 2.81. The Bertz CT molecular complexity index is 358. The molecule has 0 aliphatic carbocycles. The van der Waals surface area contributed by atoms with Gasteiger partial charge in [0.15, 0.2) is 6.29 Å². The number of carbonyl (C=O) groups is 2. The average Bonchev–Trinajstić information content (AvgIpc) is 2.83. The van der Waals surface area contributed by atoms with Crippen molar-refractivity contribution in [1.82, 2.24) is 9.88 Å². The Hall–Kier alpha value is -1.62. The molecule has 0 bridgehead atoms. The normalized spacial score (nSPS) is 10.5. The highest BCUT2D eigenvalue weighted by atomic mass is 16.1. The van der Waals surface area contributed by atoms with Crippen LogP contribution < -0.4 is 4.90 Å². The van der Waals surface area contributed by atoms with Crippen molar-refractivity contribution in [2.45, 2.75) is 13.8 Å². The molecule has 1 aromatic rings. The summed E-state index contributed by atoms with van der Waals surface area (Å²) in [5.41, 5.74) is 0.481. The Kier molecular flexibility index (Phi) is 5.42. The van der Waals surface area contributed by atoms with Crippen LogP contribution in [0.3, 0.4) is 0 Å². The number of aromatic nitrogens is 1. The van der Waals surface area contributed by atoms with Gasteiger partial charge in [-0.3, -0.25) is 14.5 Å². The summed E-state index contributed by atoms with van der Waals surface area (Å²) in [6.07, 6.45) is 1.51. The van der Waals surface area contributed by atoms with E-state index in [9.17, 15) is 9.59 Å². The lowest BCUT2D eigenvalue weighted by atomic mass is 10.4. The number of H-pyrrole nitrogens is 1. The van der Waals surface area contributed by atoms with Crippen molar-refractivity contribution in [1.29, 1.82) is 0 Å². The van der Waals surface area contributed by atoms with E-state index in [2.05, 4.69) is 23.7 Å². The van der Waals surface area contributed by atoms with Gasteiger partial charge in [0.1, 0.15) is 5.82 Å². The van der Waals surface area contributed by atoms with Gasteiger partial charge in [-0.25, -0.2) is 0 Å². The predicted octanol–water partition coefficient (Wildman–Crippen LogP) is 1.13. The fraction of sp³-hybridized carbons (Fsp3) is 0.500. The minimum absolute atomic E-state index is 0.481. The summed E-state index contributed by atoms with van der Waals surface area (Å²) in [5, 5.41) is 0. The molecule has 0 aliphatic heterocycles. The summed E-state index contributed by atoms with van der Waals surface area (Å²) in [7, 11) is 0. The van der Waals surface area contributed by atoms with Crippen molar-refractivity contribution in [2.75, 3.05) is 31.1 Å². The van der Waals surface area contributed by atoms with E-state index in [0.717, 1.165) is 32.3 Å². The number of amides is 1. The van der Waals surface area contributed by atoms with Crippen LogP contribution in [0.2, 0.25) is 0 Å². The van der Waals surface area contributed by atoms with Crippen molar-refractivity contribution in [3.8, 4) is 0 Å². The molecule has 0 aliphatic rings. The molecule has 0 saturated heterocycles. The molecule has 17 heavy (non-hydrogen) atoms. The zero-order chi connectivity index (χ0) is 12.7. The monoisotopic (exact) mass is 237 g/mol. The quantitative estimate of drug-likeness (QED) is 0.690. The third-order valence-electron chi connectivity index (χ3n) is 2.81. The van der Waals surface area contributed by atoms with E-state index in [1.54, 1.807) is 17.0 Å². The predicted molar refractivity (Wildman–Crippen MR) is 67.4 cm³/mol. The molecule has 0 aromatic carbocycles. The van der Waals surface area contributed by atoms with Gasteiger partial charge in [-0.1, -0.05) is 13.8 Å². The van der Waals surface area contributed by atoms with Gasteiger partial charge < -0.3 is 9.88 Å². The van der Waals surface area contributed by atoms with Gasteiger partial charge >= 0.3 is 0 Å². The number of nitrogens with one attached hydrogen (secondary N) is 1. The Morgan fingerprint density at radius 2 is 1.88 bits per heavy atom. The van der Waals surface area contributed by atoms with Gasteiger partial charge in [-0.15, -0.1) is 0 Å². The first-order chi connectivity index (χ1) is 8.24. The van der Waals surface area contributed by atoms with Crippen molar-refractivity contribution in [3.05, 3.63) is 17.8 Å². The average molecular weight is 237 g/mol. The number of hydrogen-bond donors (Lipinski definition) is 1. The first kappa shape index (κ1) is 13.4. The highest BCUT2D eigenvalue weighted by Gasteiger charge is 2.09. The number of rotatable bonds is 8. The molecule has 5 heteroatoms. The highest BCUT2D eigenvalue weighted by Crippen LogP contribution is 2.10. The molecule has 1 amide bonds. The van der Waals surface area contributed by atoms with E-state index in [4.69, 9.17) is 0 Å². The van der Waals surface area contributed by atoms with Gasteiger partial charge in [0.2, 0.25) is 6.41 Å². The van der Waals surface area contributed by atoms with Crippen LogP contribution in [0, 0.1) is 0 Å². The van der Waals surface area contributed by atoms with Crippen LogP contribution >= 0.6 is 0 Å². The molecule has 1 heterocycles. The molecule has 1 aromatic heterocycles. The number of aldehydes is 1.